The zero-order chi connectivity index (χ0) is 12.1. The lowest BCUT2D eigenvalue weighted by Gasteiger charge is -2.00. The standard InChI is InChI=1S/C8H11N3O3S2/c1-3-5(12)9-7-10-11-8(16-7)15-4(2)6(13)14/h4H,3H2,1-2H3,(H,13,14)(H,9,10,12). The third-order valence-electron chi connectivity index (χ3n) is 1.60. The maximum atomic E-state index is 11.0. The van der Waals surface area contributed by atoms with Gasteiger partial charge in [-0.3, -0.25) is 9.59 Å². The second-order valence-electron chi connectivity index (χ2n) is 2.87. The maximum absolute atomic E-state index is 11.0. The van der Waals surface area contributed by atoms with E-state index in [1.54, 1.807) is 13.8 Å². The normalized spacial score (nSPS) is 12.1. The lowest BCUT2D eigenvalue weighted by atomic mass is 10.5. The molecule has 0 aliphatic rings. The minimum Gasteiger partial charge on any atom is -0.480 e. The number of thioether (sulfide) groups is 1. The third kappa shape index (κ3) is 3.78. The van der Waals surface area contributed by atoms with Gasteiger partial charge < -0.3 is 10.4 Å². The summed E-state index contributed by atoms with van der Waals surface area (Å²) in [6, 6.07) is 0. The van der Waals surface area contributed by atoms with Crippen molar-refractivity contribution in [1.82, 2.24) is 10.2 Å². The van der Waals surface area contributed by atoms with Crippen LogP contribution in [0.15, 0.2) is 4.34 Å². The molecule has 0 aliphatic carbocycles. The molecule has 1 heterocycles. The number of hydrogen-bond donors (Lipinski definition) is 2. The Labute approximate surface area is 100 Å². The first-order valence-electron chi connectivity index (χ1n) is 4.55. The molecule has 0 saturated heterocycles. The van der Waals surface area contributed by atoms with Crippen LogP contribution in [-0.4, -0.2) is 32.4 Å². The summed E-state index contributed by atoms with van der Waals surface area (Å²) in [7, 11) is 0. The van der Waals surface area contributed by atoms with E-state index in [-0.39, 0.29) is 5.91 Å². The van der Waals surface area contributed by atoms with E-state index < -0.39 is 11.2 Å². The summed E-state index contributed by atoms with van der Waals surface area (Å²) in [6.07, 6.45) is 0.369. The number of nitrogens with zero attached hydrogens (tertiary/aromatic N) is 2. The van der Waals surface area contributed by atoms with E-state index in [0.717, 1.165) is 11.8 Å². The number of carboxylic acids is 1. The van der Waals surface area contributed by atoms with Gasteiger partial charge in [0.05, 0.1) is 0 Å². The highest BCUT2D eigenvalue weighted by molar-refractivity contribution is 8.02. The Morgan fingerprint density at radius 3 is 2.81 bits per heavy atom. The SMILES string of the molecule is CCC(=O)Nc1nnc(SC(C)C(=O)O)s1. The van der Waals surface area contributed by atoms with Crippen LogP contribution in [0, 0.1) is 0 Å². The molecule has 1 aromatic rings. The predicted octanol–water partition coefficient (Wildman–Crippen LogP) is 1.45. The van der Waals surface area contributed by atoms with Gasteiger partial charge in [-0.1, -0.05) is 30.0 Å². The Hall–Kier alpha value is -1.15. The molecule has 0 bridgehead atoms. The van der Waals surface area contributed by atoms with Gasteiger partial charge in [-0.15, -0.1) is 10.2 Å². The molecule has 0 fully saturated rings. The van der Waals surface area contributed by atoms with Crippen molar-refractivity contribution in [3.8, 4) is 0 Å². The quantitative estimate of drug-likeness (QED) is 0.615. The molecule has 16 heavy (non-hydrogen) atoms. The number of rotatable bonds is 5. The van der Waals surface area contributed by atoms with E-state index in [4.69, 9.17) is 5.11 Å². The van der Waals surface area contributed by atoms with E-state index >= 15 is 0 Å². The van der Waals surface area contributed by atoms with Crippen LogP contribution in [0.25, 0.3) is 0 Å². The van der Waals surface area contributed by atoms with Crippen LogP contribution in [0.4, 0.5) is 5.13 Å². The van der Waals surface area contributed by atoms with Gasteiger partial charge >= 0.3 is 5.97 Å². The van der Waals surface area contributed by atoms with Crippen LogP contribution in [0.1, 0.15) is 20.3 Å². The Kier molecular flexibility index (Phi) is 4.69. The second kappa shape index (κ2) is 5.80. The molecule has 0 aliphatic heterocycles. The Morgan fingerprint density at radius 1 is 1.56 bits per heavy atom. The average Bonchev–Trinajstić information content (AvgIpc) is 2.65. The molecule has 1 unspecified atom stereocenters. The molecule has 2 N–H and O–H groups in total. The first-order valence-corrected chi connectivity index (χ1v) is 6.25. The summed E-state index contributed by atoms with van der Waals surface area (Å²) in [6.45, 7) is 3.30. The number of hydrogen-bond acceptors (Lipinski definition) is 6. The van der Waals surface area contributed by atoms with E-state index in [9.17, 15) is 9.59 Å². The van der Waals surface area contributed by atoms with Gasteiger partial charge in [-0.2, -0.15) is 0 Å². The van der Waals surface area contributed by atoms with Gasteiger partial charge in [0.1, 0.15) is 5.25 Å². The van der Waals surface area contributed by atoms with Crippen molar-refractivity contribution >= 4 is 40.1 Å². The molecule has 0 radical (unpaired) electrons. The molecule has 1 rings (SSSR count). The molecule has 1 aromatic heterocycles. The summed E-state index contributed by atoms with van der Waals surface area (Å²) in [5.74, 6) is -1.04. The number of amides is 1. The highest BCUT2D eigenvalue weighted by Crippen LogP contribution is 2.28. The van der Waals surface area contributed by atoms with Crippen molar-refractivity contribution in [2.24, 2.45) is 0 Å². The first kappa shape index (κ1) is 12.9. The molecule has 0 aromatic carbocycles. The van der Waals surface area contributed by atoms with Crippen LogP contribution < -0.4 is 5.32 Å². The van der Waals surface area contributed by atoms with Gasteiger partial charge in [-0.05, 0) is 6.92 Å². The Morgan fingerprint density at radius 2 is 2.25 bits per heavy atom. The monoisotopic (exact) mass is 261 g/mol. The van der Waals surface area contributed by atoms with E-state index in [1.807, 2.05) is 0 Å². The molecule has 6 nitrogen and oxygen atoms in total. The summed E-state index contributed by atoms with van der Waals surface area (Å²) in [4.78, 5) is 21.6. The van der Waals surface area contributed by atoms with Gasteiger partial charge in [0.25, 0.3) is 0 Å². The van der Waals surface area contributed by atoms with Crippen molar-refractivity contribution in [1.29, 1.82) is 0 Å². The Balaban J connectivity index is 2.58. The summed E-state index contributed by atoms with van der Waals surface area (Å²) >= 11 is 2.27. The van der Waals surface area contributed by atoms with Crippen molar-refractivity contribution in [3.05, 3.63) is 0 Å². The second-order valence-corrected chi connectivity index (χ2v) is 5.44. The van der Waals surface area contributed by atoms with Crippen molar-refractivity contribution < 1.29 is 14.7 Å². The molecule has 88 valence electrons. The number of carbonyl (C=O) groups is 2. The van der Waals surface area contributed by atoms with Crippen LogP contribution in [0.3, 0.4) is 0 Å². The fraction of sp³-hybridized carbons (Fsp3) is 0.500. The number of carboxylic acid groups (broad SMARTS) is 1. The number of aliphatic carboxylic acids is 1. The Bertz CT molecular complexity index is 394. The fourth-order valence-electron chi connectivity index (χ4n) is 0.717. The number of nitrogens with one attached hydrogen (secondary N) is 1. The molecule has 0 saturated carbocycles. The minimum absolute atomic E-state index is 0.140. The van der Waals surface area contributed by atoms with Crippen LogP contribution in [0.5, 0.6) is 0 Å². The highest BCUT2D eigenvalue weighted by Gasteiger charge is 2.16. The van der Waals surface area contributed by atoms with Gasteiger partial charge in [0, 0.05) is 6.42 Å². The zero-order valence-corrected chi connectivity index (χ0v) is 10.4. The molecule has 0 spiro atoms. The van der Waals surface area contributed by atoms with Crippen LogP contribution in [-0.2, 0) is 9.59 Å². The summed E-state index contributed by atoms with van der Waals surface area (Å²) < 4.78 is 0.529. The molecule has 8 heteroatoms. The lowest BCUT2D eigenvalue weighted by Crippen LogP contribution is -2.10. The first-order chi connectivity index (χ1) is 7.52. The third-order valence-corrected chi connectivity index (χ3v) is 3.61. The summed E-state index contributed by atoms with van der Waals surface area (Å²) in [5.41, 5.74) is 0. The maximum Gasteiger partial charge on any atom is 0.316 e. The van der Waals surface area contributed by atoms with Gasteiger partial charge in [0.15, 0.2) is 4.34 Å². The lowest BCUT2D eigenvalue weighted by molar-refractivity contribution is -0.136. The van der Waals surface area contributed by atoms with E-state index in [1.165, 1.54) is 11.3 Å². The molecule has 1 atom stereocenters. The zero-order valence-electron chi connectivity index (χ0n) is 8.76. The molecular formula is C8H11N3O3S2. The number of anilines is 1. The smallest absolute Gasteiger partial charge is 0.316 e. The van der Waals surface area contributed by atoms with Crippen LogP contribution in [0.2, 0.25) is 0 Å². The fourth-order valence-corrected chi connectivity index (χ4v) is 2.56. The molecule has 1 amide bonds. The average molecular weight is 261 g/mol. The van der Waals surface area contributed by atoms with Gasteiger partial charge in [0.2, 0.25) is 11.0 Å². The van der Waals surface area contributed by atoms with Gasteiger partial charge in [-0.25, -0.2) is 0 Å². The minimum atomic E-state index is -0.903. The van der Waals surface area contributed by atoms with Crippen molar-refractivity contribution in [2.75, 3.05) is 5.32 Å². The van der Waals surface area contributed by atoms with E-state index in [0.29, 0.717) is 15.9 Å². The predicted molar refractivity (Wildman–Crippen MR) is 61.8 cm³/mol. The van der Waals surface area contributed by atoms with Crippen molar-refractivity contribution in [2.45, 2.75) is 29.9 Å². The topological polar surface area (TPSA) is 92.2 Å². The number of carbonyl (C=O) groups excluding carboxylic acids is 1. The van der Waals surface area contributed by atoms with Crippen molar-refractivity contribution in [3.63, 3.8) is 0 Å². The number of aromatic nitrogens is 2. The summed E-state index contributed by atoms with van der Waals surface area (Å²) in [5, 5.41) is 18.6. The molecular weight excluding hydrogens is 250 g/mol. The largest absolute Gasteiger partial charge is 0.480 e. The van der Waals surface area contributed by atoms with E-state index in [2.05, 4.69) is 15.5 Å². The highest BCUT2D eigenvalue weighted by atomic mass is 32.2. The van der Waals surface area contributed by atoms with Crippen LogP contribution >= 0.6 is 23.1 Å².